The first kappa shape index (κ1) is 13.2. The topological polar surface area (TPSA) is 52.6 Å². The van der Waals surface area contributed by atoms with Gasteiger partial charge in [-0.15, -0.1) is 11.3 Å². The molecule has 0 amide bonds. The van der Waals surface area contributed by atoms with Gasteiger partial charge in [-0.25, -0.2) is 0 Å². The Balaban J connectivity index is 2.10. The number of ketones is 1. The first-order valence-corrected chi connectivity index (χ1v) is 6.71. The van der Waals surface area contributed by atoms with Crippen LogP contribution in [0, 0.1) is 0 Å². The molecule has 1 unspecified atom stereocenters. The average molecular weight is 268 g/mol. The van der Waals surface area contributed by atoms with Gasteiger partial charge in [0.2, 0.25) is 5.78 Å². The molecule has 4 nitrogen and oxygen atoms in total. The van der Waals surface area contributed by atoms with Crippen LogP contribution >= 0.6 is 11.3 Å². The normalized spacial score (nSPS) is 23.0. The third-order valence-corrected chi connectivity index (χ3v) is 4.21. The van der Waals surface area contributed by atoms with Crippen LogP contribution in [0.25, 0.3) is 0 Å². The summed E-state index contributed by atoms with van der Waals surface area (Å²) in [5, 5.41) is 0. The SMILES string of the molecule is COC(=O)Cc1ccc(C(=O)C2(C)CCCO2)s1. The highest BCUT2D eigenvalue weighted by Crippen LogP contribution is 2.31. The molecule has 1 aliphatic rings. The second-order valence-corrected chi connectivity index (χ2v) is 5.70. The predicted octanol–water partition coefficient (Wildman–Crippen LogP) is 2.22. The summed E-state index contributed by atoms with van der Waals surface area (Å²) in [6, 6.07) is 3.56. The summed E-state index contributed by atoms with van der Waals surface area (Å²) in [7, 11) is 1.36. The molecule has 1 aliphatic heterocycles. The van der Waals surface area contributed by atoms with Crippen molar-refractivity contribution in [3.63, 3.8) is 0 Å². The number of ether oxygens (including phenoxy) is 2. The van der Waals surface area contributed by atoms with Gasteiger partial charge in [-0.3, -0.25) is 9.59 Å². The highest BCUT2D eigenvalue weighted by atomic mass is 32.1. The summed E-state index contributed by atoms with van der Waals surface area (Å²) in [4.78, 5) is 25.0. The van der Waals surface area contributed by atoms with E-state index in [1.165, 1.54) is 18.4 Å². The maximum Gasteiger partial charge on any atom is 0.310 e. The van der Waals surface area contributed by atoms with E-state index in [2.05, 4.69) is 4.74 Å². The number of esters is 1. The lowest BCUT2D eigenvalue weighted by molar-refractivity contribution is -0.139. The smallest absolute Gasteiger partial charge is 0.310 e. The van der Waals surface area contributed by atoms with Gasteiger partial charge in [0.15, 0.2) is 0 Å². The fraction of sp³-hybridized carbons (Fsp3) is 0.538. The van der Waals surface area contributed by atoms with Crippen LogP contribution in [-0.4, -0.2) is 31.1 Å². The van der Waals surface area contributed by atoms with E-state index in [-0.39, 0.29) is 18.2 Å². The number of carbonyl (C=O) groups is 2. The van der Waals surface area contributed by atoms with Crippen molar-refractivity contribution in [3.8, 4) is 0 Å². The minimum absolute atomic E-state index is 0.0149. The van der Waals surface area contributed by atoms with Crippen molar-refractivity contribution in [3.05, 3.63) is 21.9 Å². The Morgan fingerprint density at radius 2 is 2.28 bits per heavy atom. The van der Waals surface area contributed by atoms with E-state index >= 15 is 0 Å². The summed E-state index contributed by atoms with van der Waals surface area (Å²) in [5.41, 5.74) is -0.687. The lowest BCUT2D eigenvalue weighted by atomic mass is 9.96. The zero-order valence-corrected chi connectivity index (χ0v) is 11.3. The van der Waals surface area contributed by atoms with Crippen molar-refractivity contribution >= 4 is 23.1 Å². The van der Waals surface area contributed by atoms with E-state index in [4.69, 9.17) is 4.74 Å². The minimum atomic E-state index is -0.687. The maximum absolute atomic E-state index is 12.3. The van der Waals surface area contributed by atoms with Crippen molar-refractivity contribution in [1.29, 1.82) is 0 Å². The Morgan fingerprint density at radius 1 is 1.50 bits per heavy atom. The Labute approximate surface area is 110 Å². The second-order valence-electron chi connectivity index (χ2n) is 4.53. The van der Waals surface area contributed by atoms with E-state index in [9.17, 15) is 9.59 Å². The van der Waals surface area contributed by atoms with Crippen molar-refractivity contribution in [1.82, 2.24) is 0 Å². The molecule has 2 heterocycles. The lowest BCUT2D eigenvalue weighted by Crippen LogP contribution is -2.33. The summed E-state index contributed by atoms with van der Waals surface area (Å²) < 4.78 is 10.1. The van der Waals surface area contributed by atoms with Gasteiger partial charge < -0.3 is 9.47 Å². The largest absolute Gasteiger partial charge is 0.469 e. The quantitative estimate of drug-likeness (QED) is 0.620. The van der Waals surface area contributed by atoms with Gasteiger partial charge in [0, 0.05) is 11.5 Å². The molecular weight excluding hydrogens is 252 g/mol. The molecule has 1 atom stereocenters. The van der Waals surface area contributed by atoms with Crippen LogP contribution < -0.4 is 0 Å². The van der Waals surface area contributed by atoms with Crippen molar-refractivity contribution in [2.24, 2.45) is 0 Å². The highest BCUT2D eigenvalue weighted by molar-refractivity contribution is 7.14. The Bertz CT molecular complexity index is 457. The first-order valence-electron chi connectivity index (χ1n) is 5.89. The van der Waals surface area contributed by atoms with Crippen LogP contribution in [0.4, 0.5) is 0 Å². The molecule has 98 valence electrons. The molecular formula is C13H16O4S. The third-order valence-electron chi connectivity index (χ3n) is 3.13. The average Bonchev–Trinajstić information content (AvgIpc) is 2.98. The van der Waals surface area contributed by atoms with Crippen LogP contribution in [0.15, 0.2) is 12.1 Å². The molecule has 0 aromatic carbocycles. The number of thiophene rings is 1. The molecule has 0 saturated carbocycles. The standard InChI is InChI=1S/C13H16O4S/c1-13(6-3-7-17-13)12(15)10-5-4-9(18-10)8-11(14)16-2/h4-5H,3,6-8H2,1-2H3. The second kappa shape index (κ2) is 5.20. The van der Waals surface area contributed by atoms with Crippen LogP contribution in [0.1, 0.15) is 34.3 Å². The van der Waals surface area contributed by atoms with Gasteiger partial charge in [-0.1, -0.05) is 0 Å². The van der Waals surface area contributed by atoms with E-state index in [0.717, 1.165) is 17.7 Å². The van der Waals surface area contributed by atoms with Crippen LogP contribution in [-0.2, 0) is 20.7 Å². The molecule has 1 aromatic rings. The maximum atomic E-state index is 12.3. The lowest BCUT2D eigenvalue weighted by Gasteiger charge is -2.20. The molecule has 0 aliphatic carbocycles. The fourth-order valence-electron chi connectivity index (χ4n) is 2.03. The van der Waals surface area contributed by atoms with Crippen molar-refractivity contribution in [2.75, 3.05) is 13.7 Å². The number of carbonyl (C=O) groups excluding carboxylic acids is 2. The Morgan fingerprint density at radius 3 is 2.89 bits per heavy atom. The first-order chi connectivity index (χ1) is 8.55. The van der Waals surface area contributed by atoms with Crippen LogP contribution in [0.3, 0.4) is 0 Å². The molecule has 1 fully saturated rings. The number of Topliss-reactive ketones (excluding diaryl/α,β-unsaturated/α-hetero) is 1. The van der Waals surface area contributed by atoms with E-state index in [1.807, 2.05) is 6.92 Å². The summed E-state index contributed by atoms with van der Waals surface area (Å²) in [6.07, 6.45) is 1.89. The zero-order chi connectivity index (χ0) is 13.2. The fourth-order valence-corrected chi connectivity index (χ4v) is 3.08. The molecule has 1 saturated heterocycles. The van der Waals surface area contributed by atoms with Crippen molar-refractivity contribution in [2.45, 2.75) is 31.8 Å². The van der Waals surface area contributed by atoms with Gasteiger partial charge in [0.25, 0.3) is 0 Å². The van der Waals surface area contributed by atoms with Gasteiger partial charge >= 0.3 is 5.97 Å². The van der Waals surface area contributed by atoms with Gasteiger partial charge in [-0.05, 0) is 31.9 Å². The number of hydrogen-bond acceptors (Lipinski definition) is 5. The van der Waals surface area contributed by atoms with Crippen LogP contribution in [0.5, 0.6) is 0 Å². The molecule has 0 N–H and O–H groups in total. The van der Waals surface area contributed by atoms with Gasteiger partial charge in [0.1, 0.15) is 5.60 Å². The van der Waals surface area contributed by atoms with Crippen molar-refractivity contribution < 1.29 is 19.1 Å². The minimum Gasteiger partial charge on any atom is -0.469 e. The number of methoxy groups -OCH3 is 1. The molecule has 18 heavy (non-hydrogen) atoms. The van der Waals surface area contributed by atoms with Gasteiger partial charge in [-0.2, -0.15) is 0 Å². The van der Waals surface area contributed by atoms with E-state index < -0.39 is 5.60 Å². The number of rotatable bonds is 4. The summed E-state index contributed by atoms with van der Waals surface area (Å²) in [6.45, 7) is 2.48. The van der Waals surface area contributed by atoms with Gasteiger partial charge in [0.05, 0.1) is 18.4 Å². The Hall–Kier alpha value is -1.20. The zero-order valence-electron chi connectivity index (χ0n) is 10.5. The molecule has 5 heteroatoms. The predicted molar refractivity (Wildman–Crippen MR) is 68.0 cm³/mol. The molecule has 0 radical (unpaired) electrons. The highest BCUT2D eigenvalue weighted by Gasteiger charge is 2.38. The summed E-state index contributed by atoms with van der Waals surface area (Å²) >= 11 is 1.34. The molecule has 1 aromatic heterocycles. The Kier molecular flexibility index (Phi) is 3.82. The molecule has 0 spiro atoms. The molecule has 2 rings (SSSR count). The monoisotopic (exact) mass is 268 g/mol. The number of hydrogen-bond donors (Lipinski definition) is 0. The van der Waals surface area contributed by atoms with Crippen LogP contribution in [0.2, 0.25) is 0 Å². The molecule has 0 bridgehead atoms. The third kappa shape index (κ3) is 2.62. The summed E-state index contributed by atoms with van der Waals surface area (Å²) in [5.74, 6) is -0.278. The van der Waals surface area contributed by atoms with E-state index in [0.29, 0.717) is 11.5 Å². The van der Waals surface area contributed by atoms with E-state index in [1.54, 1.807) is 12.1 Å².